The van der Waals surface area contributed by atoms with Crippen molar-refractivity contribution < 1.29 is 22.5 Å². The number of nitrogens with zero attached hydrogens (tertiary/aromatic N) is 2. The molecule has 1 fully saturated rings. The molecule has 2 atom stereocenters. The predicted molar refractivity (Wildman–Crippen MR) is 82.6 cm³/mol. The van der Waals surface area contributed by atoms with Gasteiger partial charge in [-0.3, -0.25) is 9.69 Å². The number of aromatic nitrogens is 1. The lowest BCUT2D eigenvalue weighted by Crippen LogP contribution is -2.56. The molecule has 1 N–H and O–H groups in total. The second-order valence-corrected chi connectivity index (χ2v) is 7.07. The van der Waals surface area contributed by atoms with Crippen molar-refractivity contribution in [3.05, 3.63) is 17.0 Å². The van der Waals surface area contributed by atoms with E-state index in [0.29, 0.717) is 17.9 Å². The second kappa shape index (κ2) is 6.38. The molecule has 136 valence electrons. The van der Waals surface area contributed by atoms with Gasteiger partial charge in [-0.25, -0.2) is 0 Å². The number of aryl methyl sites for hydroxylation is 2. The van der Waals surface area contributed by atoms with E-state index >= 15 is 0 Å². The van der Waals surface area contributed by atoms with E-state index in [2.05, 4.69) is 10.5 Å². The van der Waals surface area contributed by atoms with Gasteiger partial charge >= 0.3 is 6.18 Å². The topological polar surface area (TPSA) is 58.4 Å². The van der Waals surface area contributed by atoms with Gasteiger partial charge in [-0.2, -0.15) is 13.2 Å². The number of hydrogen-bond donors (Lipinski definition) is 1. The van der Waals surface area contributed by atoms with Gasteiger partial charge in [0.2, 0.25) is 5.91 Å². The van der Waals surface area contributed by atoms with Crippen molar-refractivity contribution in [2.24, 2.45) is 0 Å². The Labute approximate surface area is 139 Å². The highest BCUT2D eigenvalue weighted by molar-refractivity contribution is 5.88. The quantitative estimate of drug-likeness (QED) is 0.913. The number of carbonyl (C=O) groups is 1. The minimum atomic E-state index is -4.24. The number of hydrogen-bond acceptors (Lipinski definition) is 4. The largest absolute Gasteiger partial charge is 0.404 e. The van der Waals surface area contributed by atoms with Crippen LogP contribution >= 0.6 is 0 Å². The minimum Gasteiger partial charge on any atom is -0.361 e. The Bertz CT molecular complexity index is 591. The summed E-state index contributed by atoms with van der Waals surface area (Å²) < 4.78 is 43.8. The summed E-state index contributed by atoms with van der Waals surface area (Å²) in [6.45, 7) is 7.21. The summed E-state index contributed by atoms with van der Waals surface area (Å²) in [5, 5.41) is 6.76. The fourth-order valence-electron chi connectivity index (χ4n) is 3.53. The van der Waals surface area contributed by atoms with Crippen molar-refractivity contribution in [1.82, 2.24) is 15.4 Å². The average Bonchev–Trinajstić information content (AvgIpc) is 2.77. The normalized spacial score (nSPS) is 23.3. The van der Waals surface area contributed by atoms with Gasteiger partial charge in [-0.15, -0.1) is 0 Å². The molecule has 0 radical (unpaired) electrons. The number of alkyl halides is 3. The maximum atomic E-state index is 12.9. The van der Waals surface area contributed by atoms with Crippen molar-refractivity contribution >= 4 is 5.91 Å². The second-order valence-electron chi connectivity index (χ2n) is 7.07. The smallest absolute Gasteiger partial charge is 0.361 e. The maximum Gasteiger partial charge on any atom is 0.404 e. The van der Waals surface area contributed by atoms with Crippen LogP contribution in [0.1, 0.15) is 43.7 Å². The molecule has 1 aliphatic heterocycles. The number of carbonyl (C=O) groups excluding carboxylic acids is 1. The average molecular weight is 347 g/mol. The number of amides is 1. The summed E-state index contributed by atoms with van der Waals surface area (Å²) in [5.41, 5.74) is 0.496. The first-order chi connectivity index (χ1) is 10.9. The first-order valence-corrected chi connectivity index (χ1v) is 7.96. The zero-order valence-electron chi connectivity index (χ0n) is 14.6. The molecule has 0 saturated carbocycles. The molecule has 0 unspecified atom stereocenters. The van der Waals surface area contributed by atoms with Gasteiger partial charge in [0.1, 0.15) is 11.8 Å². The van der Waals surface area contributed by atoms with E-state index in [9.17, 15) is 18.0 Å². The molecule has 0 aromatic carbocycles. The first kappa shape index (κ1) is 18.8. The van der Waals surface area contributed by atoms with E-state index < -0.39 is 17.6 Å². The van der Waals surface area contributed by atoms with Crippen LogP contribution in [-0.4, -0.2) is 47.8 Å². The van der Waals surface area contributed by atoms with Crippen LogP contribution in [0.3, 0.4) is 0 Å². The number of nitrogens with one attached hydrogen (secondary N) is 1. The Morgan fingerprint density at radius 2 is 1.92 bits per heavy atom. The number of likely N-dealkylation sites (tertiary alicyclic amines) is 1. The van der Waals surface area contributed by atoms with E-state index in [-0.39, 0.29) is 24.9 Å². The number of piperidine rings is 1. The van der Waals surface area contributed by atoms with Crippen LogP contribution in [0.15, 0.2) is 4.52 Å². The summed E-state index contributed by atoms with van der Waals surface area (Å²) in [5.74, 6) is 0.339. The number of likely N-dealkylation sites (N-methyl/N-ethyl adjacent to an activating group) is 1. The lowest BCUT2D eigenvalue weighted by Gasteiger charge is -2.39. The predicted octanol–water partition coefficient (Wildman–Crippen LogP) is 2.71. The SMILES string of the molecule is Cc1noc(C)c1C(C)(C)C(=O)N[C@@H]1CC[C@H](C(F)(F)F)N(C)C1. The van der Waals surface area contributed by atoms with Crippen LogP contribution in [-0.2, 0) is 10.2 Å². The van der Waals surface area contributed by atoms with E-state index in [4.69, 9.17) is 4.52 Å². The van der Waals surface area contributed by atoms with Gasteiger partial charge in [0.25, 0.3) is 0 Å². The lowest BCUT2D eigenvalue weighted by molar-refractivity contribution is -0.188. The van der Waals surface area contributed by atoms with Crippen LogP contribution < -0.4 is 5.32 Å². The molecule has 1 aromatic heterocycles. The molecule has 1 aromatic rings. The summed E-state index contributed by atoms with van der Waals surface area (Å²) in [6.07, 6.45) is -3.95. The van der Waals surface area contributed by atoms with Crippen molar-refractivity contribution in [2.45, 2.75) is 64.2 Å². The highest BCUT2D eigenvalue weighted by atomic mass is 19.4. The molecular weight excluding hydrogens is 323 g/mol. The highest BCUT2D eigenvalue weighted by Crippen LogP contribution is 2.32. The highest BCUT2D eigenvalue weighted by Gasteiger charge is 2.45. The van der Waals surface area contributed by atoms with Gasteiger partial charge < -0.3 is 9.84 Å². The fraction of sp³-hybridized carbons (Fsp3) is 0.750. The van der Waals surface area contributed by atoms with Crippen molar-refractivity contribution in [2.75, 3.05) is 13.6 Å². The molecule has 0 aliphatic carbocycles. The standard InChI is InChI=1S/C16H24F3N3O2/c1-9-13(10(2)24-21-9)15(3,4)14(23)20-11-6-7-12(16(17,18)19)22(5)8-11/h11-12H,6-8H2,1-5H3,(H,20,23)/t11-,12-/m1/s1. The molecule has 0 spiro atoms. The van der Waals surface area contributed by atoms with Crippen molar-refractivity contribution in [3.8, 4) is 0 Å². The first-order valence-electron chi connectivity index (χ1n) is 7.96. The summed E-state index contributed by atoms with van der Waals surface area (Å²) in [4.78, 5) is 14.0. The molecule has 1 saturated heterocycles. The molecular formula is C16H24F3N3O2. The molecule has 2 heterocycles. The van der Waals surface area contributed by atoms with E-state index in [1.165, 1.54) is 11.9 Å². The lowest BCUT2D eigenvalue weighted by atomic mass is 9.82. The zero-order chi connectivity index (χ0) is 18.3. The Morgan fingerprint density at radius 1 is 1.29 bits per heavy atom. The third kappa shape index (κ3) is 3.58. The summed E-state index contributed by atoms with van der Waals surface area (Å²) in [6, 6.07) is -1.75. The molecule has 1 amide bonds. The van der Waals surface area contributed by atoms with Crippen molar-refractivity contribution in [3.63, 3.8) is 0 Å². The van der Waals surface area contributed by atoms with E-state index in [0.717, 1.165) is 5.56 Å². The monoisotopic (exact) mass is 347 g/mol. The molecule has 5 nitrogen and oxygen atoms in total. The summed E-state index contributed by atoms with van der Waals surface area (Å²) >= 11 is 0. The summed E-state index contributed by atoms with van der Waals surface area (Å²) in [7, 11) is 1.44. The van der Waals surface area contributed by atoms with Gasteiger partial charge in [0.15, 0.2) is 0 Å². The minimum absolute atomic E-state index is 0.0172. The molecule has 2 rings (SSSR count). The van der Waals surface area contributed by atoms with Crippen LogP contribution in [0.2, 0.25) is 0 Å². The molecule has 0 bridgehead atoms. The Hall–Kier alpha value is -1.57. The van der Waals surface area contributed by atoms with E-state index in [1.807, 2.05) is 0 Å². The maximum absolute atomic E-state index is 12.9. The Balaban J connectivity index is 2.06. The fourth-order valence-corrected chi connectivity index (χ4v) is 3.53. The van der Waals surface area contributed by atoms with Crippen LogP contribution in [0.4, 0.5) is 13.2 Å². The molecule has 1 aliphatic rings. The Morgan fingerprint density at radius 3 is 2.38 bits per heavy atom. The van der Waals surface area contributed by atoms with Gasteiger partial charge in [-0.1, -0.05) is 5.16 Å². The Kier molecular flexibility index (Phi) is 4.99. The van der Waals surface area contributed by atoms with Gasteiger partial charge in [0, 0.05) is 18.2 Å². The number of halogens is 3. The van der Waals surface area contributed by atoms with Crippen LogP contribution in [0, 0.1) is 13.8 Å². The molecule has 8 heteroatoms. The zero-order valence-corrected chi connectivity index (χ0v) is 14.6. The third-order valence-electron chi connectivity index (χ3n) is 4.77. The van der Waals surface area contributed by atoms with Crippen LogP contribution in [0.5, 0.6) is 0 Å². The number of rotatable bonds is 3. The van der Waals surface area contributed by atoms with E-state index in [1.54, 1.807) is 27.7 Å². The van der Waals surface area contributed by atoms with Crippen molar-refractivity contribution in [1.29, 1.82) is 0 Å². The van der Waals surface area contributed by atoms with Gasteiger partial charge in [-0.05, 0) is 47.6 Å². The van der Waals surface area contributed by atoms with Gasteiger partial charge in [0.05, 0.1) is 11.1 Å². The molecule has 24 heavy (non-hydrogen) atoms. The van der Waals surface area contributed by atoms with Crippen LogP contribution in [0.25, 0.3) is 0 Å². The third-order valence-corrected chi connectivity index (χ3v) is 4.77.